The third-order valence-corrected chi connectivity index (χ3v) is 10.7. The summed E-state index contributed by atoms with van der Waals surface area (Å²) in [5.41, 5.74) is 3.48. The molecule has 2 atom stereocenters. The van der Waals surface area contributed by atoms with Gasteiger partial charge in [-0.05, 0) is 52.1 Å². The Morgan fingerprint density at radius 3 is 1.46 bits per heavy atom. The van der Waals surface area contributed by atoms with Crippen LogP contribution in [0.2, 0.25) is 10.0 Å². The van der Waals surface area contributed by atoms with E-state index in [0.29, 0.717) is 11.1 Å². The van der Waals surface area contributed by atoms with Crippen LogP contribution in [0.25, 0.3) is 0 Å². The lowest BCUT2D eigenvalue weighted by Gasteiger charge is -2.23. The first-order valence-corrected chi connectivity index (χ1v) is 19.8. The minimum absolute atomic E-state index is 0.0173. The molecule has 2 unspecified atom stereocenters. The Labute approximate surface area is 337 Å². The zero-order valence-corrected chi connectivity index (χ0v) is 35.2. The highest BCUT2D eigenvalue weighted by Crippen LogP contribution is 2.31. The fourth-order valence-electron chi connectivity index (χ4n) is 5.17. The number of hydrogen-bond donors (Lipinski definition) is 0. The molecule has 300 valence electrons. The van der Waals surface area contributed by atoms with E-state index in [9.17, 15) is 22.4 Å². The van der Waals surface area contributed by atoms with Gasteiger partial charge < -0.3 is 9.47 Å². The molecule has 0 amide bonds. The molecule has 15 heteroatoms. The molecule has 0 aliphatic rings. The normalized spacial score (nSPS) is 13.0. The van der Waals surface area contributed by atoms with Crippen LogP contribution in [0.1, 0.15) is 81.6 Å². The third kappa shape index (κ3) is 11.3. The predicted octanol–water partition coefficient (Wildman–Crippen LogP) is 8.39. The smallest absolute Gasteiger partial charge is 0.297 e. The zero-order chi connectivity index (χ0) is 41.6. The minimum atomic E-state index is -4.02. The van der Waals surface area contributed by atoms with Crippen LogP contribution in [-0.4, -0.2) is 41.3 Å². The summed E-state index contributed by atoms with van der Waals surface area (Å²) in [5, 5.41) is 7.52. The number of halogens is 3. The number of aryl methyl sites for hydroxylation is 3. The molecular formula is C41H47Cl2FN4O7S. The van der Waals surface area contributed by atoms with Crippen LogP contribution in [0, 0.1) is 6.92 Å². The Hall–Kier alpha value is -4.56. The van der Waals surface area contributed by atoms with Crippen molar-refractivity contribution >= 4 is 33.3 Å². The first-order valence-electron chi connectivity index (χ1n) is 17.6. The van der Waals surface area contributed by atoms with Crippen molar-refractivity contribution in [3.63, 3.8) is 0 Å². The Morgan fingerprint density at radius 2 is 1.07 bits per heavy atom. The van der Waals surface area contributed by atoms with Crippen LogP contribution in [0.3, 0.4) is 0 Å². The van der Waals surface area contributed by atoms with Gasteiger partial charge in [-0.25, -0.2) is 13.8 Å². The van der Waals surface area contributed by atoms with Crippen molar-refractivity contribution in [3.8, 4) is 11.5 Å². The number of rotatable bonds is 11. The highest BCUT2D eigenvalue weighted by molar-refractivity contribution is 7.86. The number of hydrogen-bond acceptors (Lipinski definition) is 9. The summed E-state index contributed by atoms with van der Waals surface area (Å²) in [6, 6.07) is 21.5. The van der Waals surface area contributed by atoms with Gasteiger partial charge in [0.05, 0.1) is 17.3 Å². The standard InChI is InChI=1S/C24H27ClN2O5S.C17H20ClFN2O2/c1-16-6-12-19(13-7-16)33(29,30)31-15-21(17-8-10-18(11-9-17)24(2,3)4)32-20-14-26-27(5)23(28)22(20)25;1-17(2,3)12-7-5-11(6-8-12)13(9-19)23-14-10-20-21(4)16(22)15(14)18/h6-14,21H,15H2,1-5H3;5-8,10,13H,9H2,1-4H3/i;19-1. The van der Waals surface area contributed by atoms with Crippen LogP contribution < -0.4 is 20.6 Å². The summed E-state index contributed by atoms with van der Waals surface area (Å²) in [4.78, 5) is 23.9. The topological polar surface area (TPSA) is 132 Å². The Morgan fingerprint density at radius 1 is 0.679 bits per heavy atom. The molecule has 0 saturated heterocycles. The molecule has 0 N–H and O–H groups in total. The maximum absolute atomic E-state index is 13.4. The molecular weight excluding hydrogens is 781 g/mol. The van der Waals surface area contributed by atoms with E-state index in [2.05, 4.69) is 51.7 Å². The number of ether oxygens (including phenoxy) is 2. The van der Waals surface area contributed by atoms with Crippen molar-refractivity contribution in [2.24, 2.45) is 14.1 Å². The van der Waals surface area contributed by atoms with Crippen LogP contribution in [0.5, 0.6) is 11.5 Å². The maximum atomic E-state index is 13.4. The highest BCUT2D eigenvalue weighted by atomic mass is 35.5. The largest absolute Gasteiger partial charge is 0.480 e. The van der Waals surface area contributed by atoms with Crippen molar-refractivity contribution in [1.29, 1.82) is 0 Å². The Bertz CT molecular complexity index is 2340. The second-order valence-electron chi connectivity index (χ2n) is 15.2. The second kappa shape index (κ2) is 18.1. The molecule has 0 spiro atoms. The van der Waals surface area contributed by atoms with E-state index in [1.54, 1.807) is 12.1 Å². The van der Waals surface area contributed by atoms with Crippen molar-refractivity contribution in [3.05, 3.63) is 144 Å². The van der Waals surface area contributed by atoms with Gasteiger partial charge in [0, 0.05) is 14.1 Å². The predicted molar refractivity (Wildman–Crippen MR) is 216 cm³/mol. The average Bonchev–Trinajstić information content (AvgIpc) is 3.15. The van der Waals surface area contributed by atoms with Crippen molar-refractivity contribution < 1.29 is 26.5 Å². The van der Waals surface area contributed by atoms with Gasteiger partial charge in [-0.1, -0.05) is 131 Å². The maximum Gasteiger partial charge on any atom is 0.297 e. The highest BCUT2D eigenvalue weighted by Gasteiger charge is 2.24. The van der Waals surface area contributed by atoms with Crippen molar-refractivity contribution in [2.45, 2.75) is 76.4 Å². The van der Waals surface area contributed by atoms with Crippen LogP contribution >= 0.6 is 23.2 Å². The van der Waals surface area contributed by atoms with Crippen LogP contribution in [0.15, 0.2) is 99.7 Å². The lowest BCUT2D eigenvalue weighted by Crippen LogP contribution is -2.23. The molecule has 56 heavy (non-hydrogen) atoms. The van der Waals surface area contributed by atoms with Gasteiger partial charge in [0.1, 0.15) is 19.4 Å². The lowest BCUT2D eigenvalue weighted by atomic mass is 9.86. The monoisotopic (exact) mass is 827 g/mol. The molecule has 0 bridgehead atoms. The van der Waals surface area contributed by atoms with Crippen molar-refractivity contribution in [2.75, 3.05) is 13.3 Å². The molecule has 2 heterocycles. The van der Waals surface area contributed by atoms with E-state index in [4.69, 9.17) is 36.9 Å². The number of alkyl halides is 1. The number of aromatic nitrogens is 4. The summed E-state index contributed by atoms with van der Waals surface area (Å²) < 4.78 is 57.8. The summed E-state index contributed by atoms with van der Waals surface area (Å²) in [7, 11) is -1.07. The van der Waals surface area contributed by atoms with Gasteiger partial charge in [-0.3, -0.25) is 13.8 Å². The van der Waals surface area contributed by atoms with E-state index in [1.165, 1.54) is 38.6 Å². The fraction of sp³-hybridized carbons (Fsp3) is 0.366. The number of nitrogens with zero attached hydrogens (tertiary/aromatic N) is 4. The fourth-order valence-corrected chi connectivity index (χ4v) is 6.51. The molecule has 0 radical (unpaired) electrons. The van der Waals surface area contributed by atoms with Gasteiger partial charge in [0.15, 0.2) is 27.6 Å². The van der Waals surface area contributed by atoms with E-state index in [0.717, 1.165) is 26.1 Å². The quantitative estimate of drug-likeness (QED) is 0.121. The summed E-state index contributed by atoms with van der Waals surface area (Å²) in [6.07, 6.45) is 0.936. The van der Waals surface area contributed by atoms with Crippen LogP contribution in [0.4, 0.5) is 4.39 Å². The van der Waals surface area contributed by atoms with Gasteiger partial charge in [0.2, 0.25) is 0 Å². The molecule has 5 rings (SSSR count). The Balaban J connectivity index is 0.000000265. The molecule has 0 fully saturated rings. The molecule has 5 aromatic rings. The SMILES string of the molecule is Cc1ccc(S(=O)(=O)OCC(Oc2cnn(C)c(=O)c2Cl)c2ccc(C(C)(C)C)cc2)cc1.Cn1ncc(OC(C[18F])c2ccc(C(C)(C)C)cc2)c(Cl)c1=O. The second-order valence-corrected chi connectivity index (χ2v) is 17.5. The zero-order valence-electron chi connectivity index (χ0n) is 32.8. The molecule has 3 aromatic carbocycles. The van der Waals surface area contributed by atoms with Gasteiger partial charge in [-0.2, -0.15) is 18.6 Å². The molecule has 11 nitrogen and oxygen atoms in total. The van der Waals surface area contributed by atoms with Gasteiger partial charge in [-0.15, -0.1) is 0 Å². The number of benzene rings is 3. The summed E-state index contributed by atoms with van der Waals surface area (Å²) in [6.45, 7) is 13.4. The van der Waals surface area contributed by atoms with Crippen LogP contribution in [-0.2, 0) is 39.2 Å². The van der Waals surface area contributed by atoms with E-state index >= 15 is 0 Å². The molecule has 0 saturated carbocycles. The first-order chi connectivity index (χ1) is 26.1. The molecule has 0 aliphatic carbocycles. The molecule has 2 aromatic heterocycles. The summed E-state index contributed by atoms with van der Waals surface area (Å²) >= 11 is 12.1. The molecule has 0 aliphatic heterocycles. The lowest BCUT2D eigenvalue weighted by molar-refractivity contribution is 0.132. The van der Waals surface area contributed by atoms with E-state index in [-0.39, 0.29) is 43.9 Å². The minimum Gasteiger partial charge on any atom is -0.480 e. The van der Waals surface area contributed by atoms with E-state index < -0.39 is 40.1 Å². The Kier molecular flexibility index (Phi) is 14.3. The first kappa shape index (κ1) is 44.2. The van der Waals surface area contributed by atoms with Gasteiger partial charge >= 0.3 is 0 Å². The summed E-state index contributed by atoms with van der Waals surface area (Å²) in [5.74, 6) is 0.123. The van der Waals surface area contributed by atoms with Gasteiger partial charge in [0.25, 0.3) is 21.2 Å². The van der Waals surface area contributed by atoms with E-state index in [1.807, 2.05) is 55.5 Å². The third-order valence-electron chi connectivity index (χ3n) is 8.75. The average molecular weight is 829 g/mol. The van der Waals surface area contributed by atoms with Crippen molar-refractivity contribution in [1.82, 2.24) is 19.6 Å².